The minimum atomic E-state index is -0.766. The van der Waals surface area contributed by atoms with E-state index >= 15 is 0 Å². The highest BCUT2D eigenvalue weighted by Gasteiger charge is 2.29. The number of aliphatic hydroxyl groups excluding tert-OH is 1. The highest BCUT2D eigenvalue weighted by Crippen LogP contribution is 2.44. The summed E-state index contributed by atoms with van der Waals surface area (Å²) in [5, 5.41) is 15.4. The molecular weight excluding hydrogens is 646 g/mol. The van der Waals surface area contributed by atoms with Crippen LogP contribution in [0, 0.1) is 12.3 Å². The fourth-order valence-corrected chi connectivity index (χ4v) is 5.19. The van der Waals surface area contributed by atoms with Crippen LogP contribution in [0.4, 0.5) is 4.79 Å². The second-order valence-corrected chi connectivity index (χ2v) is 11.0. The van der Waals surface area contributed by atoms with Crippen molar-refractivity contribution in [2.75, 3.05) is 79.7 Å². The van der Waals surface area contributed by atoms with Gasteiger partial charge in [-0.25, -0.2) is 4.79 Å². The van der Waals surface area contributed by atoms with Crippen molar-refractivity contribution in [1.82, 2.24) is 16.0 Å². The van der Waals surface area contributed by atoms with Gasteiger partial charge < -0.3 is 49.5 Å². The van der Waals surface area contributed by atoms with Crippen LogP contribution in [0.25, 0.3) is 11.1 Å². The third-order valence-electron chi connectivity index (χ3n) is 7.51. The van der Waals surface area contributed by atoms with Crippen molar-refractivity contribution in [3.05, 3.63) is 59.7 Å². The van der Waals surface area contributed by atoms with Crippen molar-refractivity contribution < 1.29 is 48.0 Å². The molecule has 0 saturated heterocycles. The number of terminal acetylenes is 1. The number of nitrogens with one attached hydrogen (secondary N) is 3. The van der Waals surface area contributed by atoms with Gasteiger partial charge in [-0.3, -0.25) is 9.59 Å². The van der Waals surface area contributed by atoms with Crippen LogP contribution < -0.4 is 16.0 Å². The maximum atomic E-state index is 12.9. The van der Waals surface area contributed by atoms with E-state index in [2.05, 4.69) is 46.1 Å². The van der Waals surface area contributed by atoms with E-state index in [9.17, 15) is 19.2 Å². The van der Waals surface area contributed by atoms with Gasteiger partial charge in [0.05, 0.1) is 46.2 Å². The van der Waals surface area contributed by atoms with E-state index in [0.29, 0.717) is 65.3 Å². The fourth-order valence-electron chi connectivity index (χ4n) is 5.19. The molecule has 2 aromatic carbocycles. The zero-order valence-corrected chi connectivity index (χ0v) is 28.9. The molecule has 1 aliphatic rings. The number of hydrogen-bond acceptors (Lipinski definition) is 10. The summed E-state index contributed by atoms with van der Waals surface area (Å²) in [4.78, 5) is 48.3. The number of hydrogen-bond donors (Lipinski definition) is 4. The van der Waals surface area contributed by atoms with Crippen LogP contribution >= 0.6 is 0 Å². The number of rotatable bonds is 25. The Labute approximate surface area is 294 Å². The minimum absolute atomic E-state index is 0.0228. The van der Waals surface area contributed by atoms with E-state index in [-0.39, 0.29) is 57.1 Å². The van der Waals surface area contributed by atoms with E-state index in [0.717, 1.165) is 35.6 Å². The topological polar surface area (TPSA) is 171 Å². The van der Waals surface area contributed by atoms with Gasteiger partial charge >= 0.3 is 6.09 Å². The highest BCUT2D eigenvalue weighted by molar-refractivity contribution is 5.87. The predicted molar refractivity (Wildman–Crippen MR) is 187 cm³/mol. The average molecular weight is 698 g/mol. The molecule has 1 aliphatic carbocycles. The quantitative estimate of drug-likeness (QED) is 0.0687. The molecule has 13 heteroatoms. The van der Waals surface area contributed by atoms with Gasteiger partial charge in [-0.05, 0) is 41.5 Å². The van der Waals surface area contributed by atoms with Gasteiger partial charge in [-0.15, -0.1) is 6.42 Å². The van der Waals surface area contributed by atoms with E-state index < -0.39 is 12.1 Å². The Morgan fingerprint density at radius 2 is 1.44 bits per heavy atom. The summed E-state index contributed by atoms with van der Waals surface area (Å²) >= 11 is 0. The molecule has 3 rings (SSSR count). The average Bonchev–Trinajstić information content (AvgIpc) is 3.46. The minimum Gasteiger partial charge on any atom is -0.449 e. The molecule has 13 nitrogen and oxygen atoms in total. The Hall–Kier alpha value is -4.32. The summed E-state index contributed by atoms with van der Waals surface area (Å²) in [5.41, 5.74) is 4.61. The lowest BCUT2D eigenvalue weighted by atomic mass is 9.98. The number of amides is 3. The van der Waals surface area contributed by atoms with Gasteiger partial charge in [-0.1, -0.05) is 54.5 Å². The summed E-state index contributed by atoms with van der Waals surface area (Å²) < 4.78 is 26.8. The Morgan fingerprint density at radius 3 is 2.10 bits per heavy atom. The summed E-state index contributed by atoms with van der Waals surface area (Å²) in [5.74, 6) is 1.69. The van der Waals surface area contributed by atoms with E-state index in [1.807, 2.05) is 24.3 Å². The number of alkyl carbamates (subject to hydrolysis) is 1. The largest absolute Gasteiger partial charge is 0.449 e. The molecule has 4 N–H and O–H groups in total. The Bertz CT molecular complexity index is 1290. The van der Waals surface area contributed by atoms with Crippen molar-refractivity contribution in [1.29, 1.82) is 0 Å². The number of benzene rings is 2. The standard InChI is InChI=1S/C36H47N3O9.CH4O/c1-2-19-44-23-25-46-21-15-34(41)39-33(35(42)37-17-22-47-26-24-45-20-9-18-40)14-7-8-16-38-36(43)48-27-32-30-12-5-3-10-28(30)29-11-4-6-13-31(29)32;1-2/h1,3-6,10-13,18,32-33H,7-9,14-17,19-27H2,(H,37,42)(H,38,43)(H,39,41);2H,1H3/t33-;/m0./s1. The molecule has 274 valence electrons. The van der Waals surface area contributed by atoms with Crippen LogP contribution in [0.1, 0.15) is 49.1 Å². The summed E-state index contributed by atoms with van der Waals surface area (Å²) in [6.45, 7) is 3.13. The highest BCUT2D eigenvalue weighted by atomic mass is 16.5. The first-order chi connectivity index (χ1) is 24.5. The van der Waals surface area contributed by atoms with Crippen molar-refractivity contribution in [2.24, 2.45) is 0 Å². The zero-order chi connectivity index (χ0) is 36.2. The van der Waals surface area contributed by atoms with Crippen LogP contribution in [0.15, 0.2) is 48.5 Å². The predicted octanol–water partition coefficient (Wildman–Crippen LogP) is 2.58. The van der Waals surface area contributed by atoms with Crippen molar-refractivity contribution >= 4 is 24.2 Å². The molecular formula is C37H51N3O10. The maximum absolute atomic E-state index is 12.9. The molecule has 3 amide bonds. The molecule has 1 atom stereocenters. The monoisotopic (exact) mass is 697 g/mol. The van der Waals surface area contributed by atoms with Crippen molar-refractivity contribution in [3.8, 4) is 23.5 Å². The maximum Gasteiger partial charge on any atom is 0.407 e. The molecule has 0 heterocycles. The van der Waals surface area contributed by atoms with Gasteiger partial charge in [0.2, 0.25) is 11.8 Å². The molecule has 0 unspecified atom stereocenters. The summed E-state index contributed by atoms with van der Waals surface area (Å²) in [6, 6.07) is 15.5. The Balaban J connectivity index is 0.00000425. The van der Waals surface area contributed by atoms with Crippen LogP contribution in [-0.4, -0.2) is 115 Å². The van der Waals surface area contributed by atoms with E-state index in [1.54, 1.807) is 0 Å². The van der Waals surface area contributed by atoms with Crippen molar-refractivity contribution in [2.45, 2.75) is 44.1 Å². The van der Waals surface area contributed by atoms with E-state index in [4.69, 9.17) is 35.2 Å². The van der Waals surface area contributed by atoms with E-state index in [1.165, 1.54) is 0 Å². The van der Waals surface area contributed by atoms with Gasteiger partial charge in [0.1, 0.15) is 25.5 Å². The number of aliphatic hydroxyl groups is 1. The number of carbonyl (C=O) groups is 4. The molecule has 0 saturated carbocycles. The number of aldehydes is 1. The number of carbonyl (C=O) groups excluding carboxylic acids is 4. The van der Waals surface area contributed by atoms with Crippen LogP contribution in [0.3, 0.4) is 0 Å². The lowest BCUT2D eigenvalue weighted by molar-refractivity contribution is -0.130. The van der Waals surface area contributed by atoms with Gasteiger partial charge in [0, 0.05) is 39.0 Å². The van der Waals surface area contributed by atoms with Gasteiger partial charge in [0.15, 0.2) is 0 Å². The normalized spacial score (nSPS) is 11.9. The SMILES string of the molecule is C#CCOCCOCCC(=O)N[C@@H](CCCCNC(=O)OCC1c2ccccc2-c2ccccc21)C(=O)NCCOCCOCCC=O.CO. The molecule has 0 radical (unpaired) electrons. The first kappa shape index (κ1) is 41.8. The van der Waals surface area contributed by atoms with Gasteiger partial charge in [-0.2, -0.15) is 0 Å². The number of ether oxygens (including phenoxy) is 5. The molecule has 0 aliphatic heterocycles. The molecule has 2 aromatic rings. The lowest BCUT2D eigenvalue weighted by Crippen LogP contribution is -2.47. The fraction of sp³-hybridized carbons (Fsp3) is 0.514. The lowest BCUT2D eigenvalue weighted by Gasteiger charge is -2.19. The first-order valence-electron chi connectivity index (χ1n) is 16.8. The number of fused-ring (bicyclic) bond motifs is 3. The Morgan fingerprint density at radius 1 is 0.820 bits per heavy atom. The molecule has 0 fully saturated rings. The first-order valence-corrected chi connectivity index (χ1v) is 16.8. The zero-order valence-electron chi connectivity index (χ0n) is 28.9. The number of unbranched alkanes of at least 4 members (excludes halogenated alkanes) is 1. The summed E-state index contributed by atoms with van der Waals surface area (Å²) in [7, 11) is 1.00. The second kappa shape index (κ2) is 26.5. The van der Waals surface area contributed by atoms with Crippen LogP contribution in [-0.2, 0) is 38.1 Å². The Kier molecular flexibility index (Phi) is 22.2. The summed E-state index contributed by atoms with van der Waals surface area (Å²) in [6.07, 6.45) is 7.35. The second-order valence-electron chi connectivity index (χ2n) is 11.0. The molecule has 50 heavy (non-hydrogen) atoms. The van der Waals surface area contributed by atoms with Gasteiger partial charge in [0.25, 0.3) is 0 Å². The van der Waals surface area contributed by atoms with Crippen LogP contribution in [0.5, 0.6) is 0 Å². The van der Waals surface area contributed by atoms with Crippen molar-refractivity contribution in [3.63, 3.8) is 0 Å². The molecule has 0 aromatic heterocycles. The third kappa shape index (κ3) is 15.9. The molecule has 0 bridgehead atoms. The molecule has 0 spiro atoms. The smallest absolute Gasteiger partial charge is 0.407 e. The third-order valence-corrected chi connectivity index (χ3v) is 7.51. The van der Waals surface area contributed by atoms with Crippen LogP contribution in [0.2, 0.25) is 0 Å².